The Hall–Kier alpha value is -1.62. The van der Waals surface area contributed by atoms with Crippen molar-refractivity contribution in [2.45, 2.75) is 38.5 Å². The van der Waals surface area contributed by atoms with Crippen molar-refractivity contribution < 1.29 is 9.59 Å². The van der Waals surface area contributed by atoms with E-state index in [4.69, 9.17) is 0 Å². The van der Waals surface area contributed by atoms with E-state index in [0.29, 0.717) is 32.6 Å². The average molecular weight is 346 g/mol. The second kappa shape index (κ2) is 8.47. The van der Waals surface area contributed by atoms with Crippen LogP contribution in [0, 0.1) is 5.92 Å². The largest absolute Gasteiger partial charge is 0.339 e. The normalized spacial score (nSPS) is 19.3. The molecule has 1 aliphatic carbocycles. The Morgan fingerprint density at radius 3 is 2.50 bits per heavy atom. The van der Waals surface area contributed by atoms with Gasteiger partial charge in [-0.05, 0) is 29.9 Å². The SMILES string of the molecule is O=C(/C=C/c1cccs1)N1CCN(C(=O)CCC2CCCC2)CC1. The molecule has 0 unspecified atom stereocenters. The van der Waals surface area contributed by atoms with E-state index in [0.717, 1.165) is 17.2 Å². The molecular weight excluding hydrogens is 320 g/mol. The van der Waals surface area contributed by atoms with Crippen LogP contribution < -0.4 is 0 Å². The maximum atomic E-state index is 12.3. The lowest BCUT2D eigenvalue weighted by molar-refractivity contribution is -0.137. The van der Waals surface area contributed by atoms with Crippen molar-refractivity contribution >= 4 is 29.2 Å². The molecule has 2 fully saturated rings. The van der Waals surface area contributed by atoms with E-state index < -0.39 is 0 Å². The topological polar surface area (TPSA) is 40.6 Å². The lowest BCUT2D eigenvalue weighted by atomic mass is 10.0. The average Bonchev–Trinajstić information content (AvgIpc) is 3.31. The van der Waals surface area contributed by atoms with Crippen LogP contribution in [0.1, 0.15) is 43.4 Å². The van der Waals surface area contributed by atoms with Crippen molar-refractivity contribution in [3.05, 3.63) is 28.5 Å². The standard InChI is InChI=1S/C19H26N2O2S/c22-18(9-7-16-4-1-2-5-16)20-11-13-21(14-12-20)19(23)10-8-17-6-3-15-24-17/h3,6,8,10,15-16H,1-2,4-5,7,9,11-14H2/b10-8+. The number of thiophene rings is 1. The first-order chi connectivity index (χ1) is 11.7. The molecule has 1 saturated carbocycles. The molecule has 0 bridgehead atoms. The maximum Gasteiger partial charge on any atom is 0.246 e. The second-order valence-corrected chi connectivity index (χ2v) is 7.72. The summed E-state index contributed by atoms with van der Waals surface area (Å²) in [6, 6.07) is 3.97. The number of carbonyl (C=O) groups excluding carboxylic acids is 2. The van der Waals surface area contributed by atoms with Gasteiger partial charge in [0, 0.05) is 43.6 Å². The van der Waals surface area contributed by atoms with Gasteiger partial charge in [0.1, 0.15) is 0 Å². The summed E-state index contributed by atoms with van der Waals surface area (Å²) >= 11 is 1.62. The van der Waals surface area contributed by atoms with E-state index >= 15 is 0 Å². The zero-order valence-electron chi connectivity index (χ0n) is 14.2. The summed E-state index contributed by atoms with van der Waals surface area (Å²) in [4.78, 5) is 29.4. The van der Waals surface area contributed by atoms with Gasteiger partial charge >= 0.3 is 0 Å². The van der Waals surface area contributed by atoms with Crippen molar-refractivity contribution in [1.82, 2.24) is 9.80 Å². The van der Waals surface area contributed by atoms with Gasteiger partial charge in [-0.25, -0.2) is 0 Å². The van der Waals surface area contributed by atoms with Crippen molar-refractivity contribution in [1.29, 1.82) is 0 Å². The van der Waals surface area contributed by atoms with Crippen LogP contribution in [0.3, 0.4) is 0 Å². The highest BCUT2D eigenvalue weighted by Crippen LogP contribution is 2.28. The third-order valence-electron chi connectivity index (χ3n) is 5.12. The number of piperazine rings is 1. The Kier molecular flexibility index (Phi) is 6.07. The van der Waals surface area contributed by atoms with Gasteiger partial charge in [0.25, 0.3) is 0 Å². The molecule has 4 nitrogen and oxygen atoms in total. The third kappa shape index (κ3) is 4.69. The van der Waals surface area contributed by atoms with Crippen LogP contribution in [0.2, 0.25) is 0 Å². The monoisotopic (exact) mass is 346 g/mol. The molecule has 0 spiro atoms. The summed E-state index contributed by atoms with van der Waals surface area (Å²) < 4.78 is 0. The molecule has 2 heterocycles. The first-order valence-electron chi connectivity index (χ1n) is 9.00. The summed E-state index contributed by atoms with van der Waals surface area (Å²) in [5.74, 6) is 1.07. The number of carbonyl (C=O) groups is 2. The van der Waals surface area contributed by atoms with Gasteiger partial charge < -0.3 is 9.80 Å². The molecule has 2 amide bonds. The zero-order valence-corrected chi connectivity index (χ0v) is 15.0. The Morgan fingerprint density at radius 1 is 1.12 bits per heavy atom. The quantitative estimate of drug-likeness (QED) is 0.767. The highest BCUT2D eigenvalue weighted by molar-refractivity contribution is 7.10. The molecular formula is C19H26N2O2S. The number of rotatable bonds is 5. The van der Waals surface area contributed by atoms with Gasteiger partial charge in [-0.15, -0.1) is 11.3 Å². The smallest absolute Gasteiger partial charge is 0.246 e. The number of amides is 2. The third-order valence-corrected chi connectivity index (χ3v) is 5.96. The van der Waals surface area contributed by atoms with E-state index in [9.17, 15) is 9.59 Å². The van der Waals surface area contributed by atoms with Gasteiger partial charge in [-0.2, -0.15) is 0 Å². The fourth-order valence-corrected chi connectivity index (χ4v) is 4.22. The van der Waals surface area contributed by atoms with Gasteiger partial charge in [-0.1, -0.05) is 31.7 Å². The predicted molar refractivity (Wildman–Crippen MR) is 97.7 cm³/mol. The molecule has 1 saturated heterocycles. The lowest BCUT2D eigenvalue weighted by Crippen LogP contribution is -2.50. The van der Waals surface area contributed by atoms with E-state index in [1.807, 2.05) is 33.4 Å². The predicted octanol–water partition coefficient (Wildman–Crippen LogP) is 3.40. The van der Waals surface area contributed by atoms with Gasteiger partial charge in [-0.3, -0.25) is 9.59 Å². The summed E-state index contributed by atoms with van der Waals surface area (Å²) in [6.45, 7) is 2.62. The summed E-state index contributed by atoms with van der Waals surface area (Å²) in [5.41, 5.74) is 0. The minimum atomic E-state index is 0.0430. The van der Waals surface area contributed by atoms with Crippen LogP contribution in [0.25, 0.3) is 6.08 Å². The minimum absolute atomic E-state index is 0.0430. The molecule has 0 radical (unpaired) electrons. The van der Waals surface area contributed by atoms with Crippen molar-refractivity contribution in [3.8, 4) is 0 Å². The van der Waals surface area contributed by atoms with Crippen LogP contribution in [0.5, 0.6) is 0 Å². The molecule has 1 aliphatic heterocycles. The summed E-state index contributed by atoms with van der Waals surface area (Å²) in [7, 11) is 0. The van der Waals surface area contributed by atoms with Gasteiger partial charge in [0.15, 0.2) is 0 Å². The maximum absolute atomic E-state index is 12.3. The Balaban J connectivity index is 1.39. The molecule has 130 valence electrons. The highest BCUT2D eigenvalue weighted by Gasteiger charge is 2.24. The molecule has 0 N–H and O–H groups in total. The zero-order chi connectivity index (χ0) is 16.8. The summed E-state index contributed by atoms with van der Waals surface area (Å²) in [5, 5.41) is 2.00. The number of hydrogen-bond donors (Lipinski definition) is 0. The molecule has 5 heteroatoms. The minimum Gasteiger partial charge on any atom is -0.339 e. The number of nitrogens with zero attached hydrogens (tertiary/aromatic N) is 2. The van der Waals surface area contributed by atoms with Crippen molar-refractivity contribution in [3.63, 3.8) is 0 Å². The van der Waals surface area contributed by atoms with Gasteiger partial charge in [0.05, 0.1) is 0 Å². The van der Waals surface area contributed by atoms with Crippen LogP contribution in [-0.4, -0.2) is 47.8 Å². The molecule has 24 heavy (non-hydrogen) atoms. The fraction of sp³-hybridized carbons (Fsp3) is 0.579. The van der Waals surface area contributed by atoms with Gasteiger partial charge in [0.2, 0.25) is 11.8 Å². The first-order valence-corrected chi connectivity index (χ1v) is 9.88. The van der Waals surface area contributed by atoms with Crippen LogP contribution in [-0.2, 0) is 9.59 Å². The van der Waals surface area contributed by atoms with Crippen molar-refractivity contribution in [2.24, 2.45) is 5.92 Å². The molecule has 0 atom stereocenters. The molecule has 3 rings (SSSR count). The summed E-state index contributed by atoms with van der Waals surface area (Å²) in [6.07, 6.45) is 10.5. The number of hydrogen-bond acceptors (Lipinski definition) is 3. The van der Waals surface area contributed by atoms with Crippen LogP contribution in [0.4, 0.5) is 0 Å². The fourth-order valence-electron chi connectivity index (χ4n) is 3.61. The van der Waals surface area contributed by atoms with E-state index in [1.54, 1.807) is 17.4 Å². The Labute approximate surface area is 148 Å². The van der Waals surface area contributed by atoms with E-state index in [2.05, 4.69) is 0 Å². The Bertz CT molecular complexity index is 568. The lowest BCUT2D eigenvalue weighted by Gasteiger charge is -2.34. The van der Waals surface area contributed by atoms with Crippen molar-refractivity contribution in [2.75, 3.05) is 26.2 Å². The van der Waals surface area contributed by atoms with Crippen LogP contribution in [0.15, 0.2) is 23.6 Å². The van der Waals surface area contributed by atoms with Crippen LogP contribution >= 0.6 is 11.3 Å². The molecule has 0 aromatic carbocycles. The first kappa shape index (κ1) is 17.2. The molecule has 2 aliphatic rings. The molecule has 1 aromatic rings. The highest BCUT2D eigenvalue weighted by atomic mass is 32.1. The Morgan fingerprint density at radius 2 is 1.83 bits per heavy atom. The van der Waals surface area contributed by atoms with E-state index in [-0.39, 0.29) is 11.8 Å². The van der Waals surface area contributed by atoms with E-state index in [1.165, 1.54) is 25.7 Å². The second-order valence-electron chi connectivity index (χ2n) is 6.74. The molecule has 1 aromatic heterocycles.